The predicted molar refractivity (Wildman–Crippen MR) is 48.4 cm³/mol. The molecule has 1 unspecified atom stereocenters. The summed E-state index contributed by atoms with van der Waals surface area (Å²) in [6, 6.07) is 0. The number of likely N-dealkylation sites (N-methyl/N-ethyl adjacent to an activating group) is 2. The molecule has 0 saturated carbocycles. The smallest absolute Gasteiger partial charge is 0.225 e. The molecule has 2 aliphatic heterocycles. The summed E-state index contributed by atoms with van der Waals surface area (Å²) in [6.07, 6.45) is 0.549. The molecule has 1 amide bonds. The predicted octanol–water partition coefficient (Wildman–Crippen LogP) is -0.451. The first-order chi connectivity index (χ1) is 6.11. The van der Waals surface area contributed by atoms with Gasteiger partial charge in [0.05, 0.1) is 19.6 Å². The average Bonchev–Trinajstić information content (AvgIpc) is 2.26. The number of likely N-dealkylation sites (tertiary alicyclic amines) is 1. The number of ether oxygens (including phenoxy) is 1. The van der Waals surface area contributed by atoms with Gasteiger partial charge >= 0.3 is 0 Å². The lowest BCUT2D eigenvalue weighted by Gasteiger charge is -2.37. The Morgan fingerprint density at radius 3 is 2.69 bits per heavy atom. The lowest BCUT2D eigenvalue weighted by atomic mass is 10.0. The van der Waals surface area contributed by atoms with Gasteiger partial charge in [-0.1, -0.05) is 0 Å². The number of hydrogen-bond acceptors (Lipinski definition) is 3. The SMILES string of the molecule is CN1CCOC2(CC(=O)N(C)C2)C1. The molecule has 4 heteroatoms. The largest absolute Gasteiger partial charge is 0.370 e. The van der Waals surface area contributed by atoms with Gasteiger partial charge in [0.2, 0.25) is 5.91 Å². The van der Waals surface area contributed by atoms with Crippen LogP contribution in [0.3, 0.4) is 0 Å². The molecule has 74 valence electrons. The maximum Gasteiger partial charge on any atom is 0.225 e. The minimum absolute atomic E-state index is 0.204. The van der Waals surface area contributed by atoms with Gasteiger partial charge in [-0.3, -0.25) is 4.79 Å². The zero-order chi connectivity index (χ0) is 9.47. The van der Waals surface area contributed by atoms with Gasteiger partial charge in [0.1, 0.15) is 5.60 Å². The van der Waals surface area contributed by atoms with Crippen LogP contribution in [0.5, 0.6) is 0 Å². The summed E-state index contributed by atoms with van der Waals surface area (Å²) in [5.74, 6) is 0.204. The number of hydrogen-bond donors (Lipinski definition) is 0. The summed E-state index contributed by atoms with van der Waals surface area (Å²) in [5.41, 5.74) is -0.209. The van der Waals surface area contributed by atoms with E-state index in [1.165, 1.54) is 0 Å². The van der Waals surface area contributed by atoms with E-state index in [9.17, 15) is 4.79 Å². The monoisotopic (exact) mass is 184 g/mol. The van der Waals surface area contributed by atoms with Gasteiger partial charge in [-0.15, -0.1) is 0 Å². The summed E-state index contributed by atoms with van der Waals surface area (Å²) in [4.78, 5) is 15.4. The molecule has 0 aromatic heterocycles. The Labute approximate surface area is 78.4 Å². The molecule has 2 saturated heterocycles. The molecular weight excluding hydrogens is 168 g/mol. The van der Waals surface area contributed by atoms with Crippen molar-refractivity contribution in [1.29, 1.82) is 0 Å². The molecule has 2 heterocycles. The van der Waals surface area contributed by atoms with Crippen LogP contribution in [0.15, 0.2) is 0 Å². The number of carbonyl (C=O) groups is 1. The van der Waals surface area contributed by atoms with Gasteiger partial charge in [-0.25, -0.2) is 0 Å². The fraction of sp³-hybridized carbons (Fsp3) is 0.889. The molecule has 0 aromatic rings. The van der Waals surface area contributed by atoms with E-state index in [0.717, 1.165) is 26.2 Å². The molecule has 1 atom stereocenters. The fourth-order valence-corrected chi connectivity index (χ4v) is 2.22. The first-order valence-corrected chi connectivity index (χ1v) is 4.68. The maximum absolute atomic E-state index is 11.4. The van der Waals surface area contributed by atoms with E-state index in [0.29, 0.717) is 6.42 Å². The Morgan fingerprint density at radius 1 is 1.38 bits per heavy atom. The molecule has 2 fully saturated rings. The summed E-state index contributed by atoms with van der Waals surface area (Å²) < 4.78 is 5.73. The fourth-order valence-electron chi connectivity index (χ4n) is 2.22. The lowest BCUT2D eigenvalue weighted by Crippen LogP contribution is -2.51. The summed E-state index contributed by atoms with van der Waals surface area (Å²) >= 11 is 0. The minimum Gasteiger partial charge on any atom is -0.370 e. The van der Waals surface area contributed by atoms with Gasteiger partial charge in [0.25, 0.3) is 0 Å². The van der Waals surface area contributed by atoms with Crippen LogP contribution in [0.25, 0.3) is 0 Å². The normalized spacial score (nSPS) is 36.2. The second-order valence-corrected chi connectivity index (χ2v) is 4.20. The van der Waals surface area contributed by atoms with Crippen molar-refractivity contribution >= 4 is 5.91 Å². The molecule has 0 aromatic carbocycles. The quantitative estimate of drug-likeness (QED) is 0.511. The lowest BCUT2D eigenvalue weighted by molar-refractivity contribution is -0.128. The van der Waals surface area contributed by atoms with Crippen molar-refractivity contribution in [2.75, 3.05) is 40.3 Å². The van der Waals surface area contributed by atoms with Crippen molar-refractivity contribution in [3.63, 3.8) is 0 Å². The van der Waals surface area contributed by atoms with Gasteiger partial charge in [0.15, 0.2) is 0 Å². The van der Waals surface area contributed by atoms with Gasteiger partial charge in [0, 0.05) is 20.1 Å². The third-order valence-corrected chi connectivity index (χ3v) is 2.86. The van der Waals surface area contributed by atoms with E-state index in [1.54, 1.807) is 4.90 Å². The van der Waals surface area contributed by atoms with E-state index < -0.39 is 0 Å². The van der Waals surface area contributed by atoms with E-state index in [4.69, 9.17) is 4.74 Å². The van der Waals surface area contributed by atoms with Crippen molar-refractivity contribution in [3.05, 3.63) is 0 Å². The zero-order valence-corrected chi connectivity index (χ0v) is 8.25. The van der Waals surface area contributed by atoms with Crippen molar-refractivity contribution in [1.82, 2.24) is 9.80 Å². The Kier molecular flexibility index (Phi) is 2.04. The van der Waals surface area contributed by atoms with Crippen LogP contribution < -0.4 is 0 Å². The van der Waals surface area contributed by atoms with Crippen LogP contribution in [0.2, 0.25) is 0 Å². The van der Waals surface area contributed by atoms with Crippen molar-refractivity contribution < 1.29 is 9.53 Å². The van der Waals surface area contributed by atoms with Gasteiger partial charge < -0.3 is 14.5 Å². The average molecular weight is 184 g/mol. The third-order valence-electron chi connectivity index (χ3n) is 2.86. The van der Waals surface area contributed by atoms with Crippen LogP contribution in [0.1, 0.15) is 6.42 Å². The highest BCUT2D eigenvalue weighted by atomic mass is 16.5. The highest BCUT2D eigenvalue weighted by molar-refractivity contribution is 5.79. The first kappa shape index (κ1) is 8.97. The third kappa shape index (κ3) is 1.56. The van der Waals surface area contributed by atoms with Crippen molar-refractivity contribution in [2.24, 2.45) is 0 Å². The number of amides is 1. The van der Waals surface area contributed by atoms with E-state index >= 15 is 0 Å². The Hall–Kier alpha value is -0.610. The number of rotatable bonds is 0. The molecule has 0 bridgehead atoms. The molecular formula is C9H16N2O2. The second kappa shape index (κ2) is 2.96. The summed E-state index contributed by atoms with van der Waals surface area (Å²) in [6.45, 7) is 3.34. The number of nitrogens with zero attached hydrogens (tertiary/aromatic N) is 2. The van der Waals surface area contributed by atoms with Crippen LogP contribution in [-0.2, 0) is 9.53 Å². The highest BCUT2D eigenvalue weighted by Gasteiger charge is 2.45. The Morgan fingerprint density at radius 2 is 2.15 bits per heavy atom. The summed E-state index contributed by atoms with van der Waals surface area (Å²) in [5, 5.41) is 0. The van der Waals surface area contributed by atoms with E-state index in [-0.39, 0.29) is 11.5 Å². The molecule has 4 nitrogen and oxygen atoms in total. The molecule has 0 N–H and O–H groups in total. The van der Waals surface area contributed by atoms with E-state index in [2.05, 4.69) is 11.9 Å². The molecule has 0 radical (unpaired) electrons. The Balaban J connectivity index is 2.09. The number of morpholine rings is 1. The molecule has 13 heavy (non-hydrogen) atoms. The topological polar surface area (TPSA) is 32.8 Å². The first-order valence-electron chi connectivity index (χ1n) is 4.68. The molecule has 2 rings (SSSR count). The standard InChI is InChI=1S/C9H16N2O2/c1-10-3-4-13-9(6-10)5-8(12)11(2)7-9/h3-7H2,1-2H3. The van der Waals surface area contributed by atoms with Crippen LogP contribution >= 0.6 is 0 Å². The minimum atomic E-state index is -0.209. The van der Waals surface area contributed by atoms with Crippen LogP contribution in [0.4, 0.5) is 0 Å². The van der Waals surface area contributed by atoms with Crippen LogP contribution in [0, 0.1) is 0 Å². The molecule has 1 spiro atoms. The number of carbonyl (C=O) groups excluding carboxylic acids is 1. The maximum atomic E-state index is 11.4. The zero-order valence-electron chi connectivity index (χ0n) is 8.25. The van der Waals surface area contributed by atoms with Crippen molar-refractivity contribution in [2.45, 2.75) is 12.0 Å². The summed E-state index contributed by atoms with van der Waals surface area (Å²) in [7, 11) is 3.92. The second-order valence-electron chi connectivity index (χ2n) is 4.20. The van der Waals surface area contributed by atoms with E-state index in [1.807, 2.05) is 7.05 Å². The van der Waals surface area contributed by atoms with Gasteiger partial charge in [-0.2, -0.15) is 0 Å². The molecule has 0 aliphatic carbocycles. The molecule has 2 aliphatic rings. The van der Waals surface area contributed by atoms with Gasteiger partial charge in [-0.05, 0) is 7.05 Å². The van der Waals surface area contributed by atoms with Crippen molar-refractivity contribution in [3.8, 4) is 0 Å². The van der Waals surface area contributed by atoms with Crippen LogP contribution in [-0.4, -0.2) is 61.6 Å². The highest BCUT2D eigenvalue weighted by Crippen LogP contribution is 2.28. The Bertz CT molecular complexity index is 232.